The van der Waals surface area contributed by atoms with Crippen LogP contribution in [0.15, 0.2) is 24.3 Å². The highest BCUT2D eigenvalue weighted by molar-refractivity contribution is 6.01. The van der Waals surface area contributed by atoms with E-state index in [-0.39, 0.29) is 41.4 Å². The summed E-state index contributed by atoms with van der Waals surface area (Å²) in [7, 11) is 0. The van der Waals surface area contributed by atoms with E-state index >= 15 is 0 Å². The van der Waals surface area contributed by atoms with Crippen LogP contribution in [0, 0.1) is 11.8 Å². The zero-order valence-corrected chi connectivity index (χ0v) is 23.3. The highest BCUT2D eigenvalue weighted by atomic mass is 16.3. The molecule has 2 aliphatic rings. The Bertz CT molecular complexity index is 1010. The fraction of sp³-hybridized carbons (Fsp3) is 0.655. The number of carbonyl (C=O) groups excluding carboxylic acids is 4. The number of nitrogens with zero attached hydrogens (tertiary/aromatic N) is 2. The van der Waals surface area contributed by atoms with Gasteiger partial charge in [-0.2, -0.15) is 0 Å². The quantitative estimate of drug-likeness (QED) is 0.556. The zero-order valence-electron chi connectivity index (χ0n) is 23.3. The molecule has 2 aliphatic heterocycles. The van der Waals surface area contributed by atoms with Gasteiger partial charge in [-0.25, -0.2) is 0 Å². The van der Waals surface area contributed by atoms with Gasteiger partial charge in [0.2, 0.25) is 5.91 Å². The number of rotatable bonds is 8. The molecule has 37 heavy (non-hydrogen) atoms. The first-order valence-corrected chi connectivity index (χ1v) is 13.4. The van der Waals surface area contributed by atoms with Gasteiger partial charge in [-0.15, -0.1) is 0 Å². The van der Waals surface area contributed by atoms with Crippen molar-refractivity contribution in [2.75, 3.05) is 13.1 Å². The van der Waals surface area contributed by atoms with Crippen molar-refractivity contribution in [3.05, 3.63) is 35.4 Å². The Balaban J connectivity index is 1.75. The molecule has 3 rings (SSSR count). The van der Waals surface area contributed by atoms with Gasteiger partial charge in [-0.05, 0) is 54.2 Å². The van der Waals surface area contributed by atoms with E-state index in [1.54, 1.807) is 12.1 Å². The van der Waals surface area contributed by atoms with Crippen molar-refractivity contribution >= 4 is 23.5 Å². The predicted molar refractivity (Wildman–Crippen MR) is 142 cm³/mol. The van der Waals surface area contributed by atoms with Crippen LogP contribution in [0.3, 0.4) is 0 Å². The molecule has 8 nitrogen and oxygen atoms in total. The Morgan fingerprint density at radius 1 is 0.973 bits per heavy atom. The van der Waals surface area contributed by atoms with Crippen molar-refractivity contribution in [2.45, 2.75) is 97.4 Å². The summed E-state index contributed by atoms with van der Waals surface area (Å²) in [4.78, 5) is 55.6. The van der Waals surface area contributed by atoms with E-state index in [9.17, 15) is 24.3 Å². The number of hydrogen-bond donors (Lipinski definition) is 2. The maximum Gasteiger partial charge on any atom is 0.252 e. The third-order valence-corrected chi connectivity index (χ3v) is 7.29. The smallest absolute Gasteiger partial charge is 0.252 e. The zero-order chi connectivity index (χ0) is 27.7. The van der Waals surface area contributed by atoms with Crippen LogP contribution in [0.1, 0.15) is 83.7 Å². The molecule has 3 amide bonds. The molecule has 1 aromatic rings. The topological polar surface area (TPSA) is 107 Å². The van der Waals surface area contributed by atoms with Crippen molar-refractivity contribution in [1.29, 1.82) is 0 Å². The van der Waals surface area contributed by atoms with Gasteiger partial charge in [-0.1, -0.05) is 60.6 Å². The largest absolute Gasteiger partial charge is 0.383 e. The van der Waals surface area contributed by atoms with Crippen molar-refractivity contribution in [1.82, 2.24) is 15.1 Å². The molecule has 2 fully saturated rings. The van der Waals surface area contributed by atoms with Crippen molar-refractivity contribution in [3.8, 4) is 0 Å². The van der Waals surface area contributed by atoms with Gasteiger partial charge in [0, 0.05) is 12.1 Å². The molecule has 204 valence electrons. The van der Waals surface area contributed by atoms with Gasteiger partial charge in [0.1, 0.15) is 18.2 Å². The summed E-state index contributed by atoms with van der Waals surface area (Å²) in [5, 5.41) is 13.3. The molecule has 2 N–H and O–H groups in total. The number of fused-ring (bicyclic) bond motifs is 1. The van der Waals surface area contributed by atoms with Crippen LogP contribution in [-0.2, 0) is 19.8 Å². The SMILES string of the molecule is CC(C)CC(O)C(=O)N1CC(=O)C2C1CCN2C(=O)C(CC(C)C)NC(=O)c1ccc(C(C)(C)C)cc1. The minimum Gasteiger partial charge on any atom is -0.383 e. The molecule has 0 saturated carbocycles. The number of carbonyl (C=O) groups is 4. The van der Waals surface area contributed by atoms with Crippen LogP contribution >= 0.6 is 0 Å². The van der Waals surface area contributed by atoms with Gasteiger partial charge < -0.3 is 20.2 Å². The molecule has 4 atom stereocenters. The number of benzene rings is 1. The maximum atomic E-state index is 13.7. The summed E-state index contributed by atoms with van der Waals surface area (Å²) in [5.41, 5.74) is 1.55. The number of aliphatic hydroxyl groups excluding tert-OH is 1. The summed E-state index contributed by atoms with van der Waals surface area (Å²) >= 11 is 0. The summed E-state index contributed by atoms with van der Waals surface area (Å²) in [6.07, 6.45) is 0.0680. The second-order valence-corrected chi connectivity index (χ2v) is 12.4. The van der Waals surface area contributed by atoms with Crippen molar-refractivity contribution in [2.24, 2.45) is 11.8 Å². The van der Waals surface area contributed by atoms with Crippen LogP contribution in [0.4, 0.5) is 0 Å². The standard InChI is InChI=1S/C29H43N3O5/c1-17(2)14-21(30-26(35)19-8-10-20(11-9-19)29(5,6)7)27(36)31-13-12-22-25(31)24(34)16-32(22)28(37)23(33)15-18(3)4/h8-11,17-18,21-23,25,33H,12-16H2,1-7H3,(H,30,35). The minimum atomic E-state index is -1.16. The molecule has 8 heteroatoms. The normalized spacial score (nSPS) is 21.4. The summed E-state index contributed by atoms with van der Waals surface area (Å²) in [6.45, 7) is 14.3. The second kappa shape index (κ2) is 11.3. The number of nitrogens with one attached hydrogen (secondary N) is 1. The minimum absolute atomic E-state index is 0.0363. The molecular formula is C29H43N3O5. The number of likely N-dealkylation sites (tertiary alicyclic amines) is 2. The van der Waals surface area contributed by atoms with Crippen LogP contribution in [0.25, 0.3) is 0 Å². The third-order valence-electron chi connectivity index (χ3n) is 7.29. The van der Waals surface area contributed by atoms with Gasteiger partial charge >= 0.3 is 0 Å². The van der Waals surface area contributed by atoms with E-state index in [0.717, 1.165) is 5.56 Å². The molecule has 1 aromatic carbocycles. The maximum absolute atomic E-state index is 13.7. The summed E-state index contributed by atoms with van der Waals surface area (Å²) in [6, 6.07) is 5.44. The number of aliphatic hydroxyl groups is 1. The lowest BCUT2D eigenvalue weighted by atomic mass is 9.86. The first-order chi connectivity index (χ1) is 17.2. The lowest BCUT2D eigenvalue weighted by Crippen LogP contribution is -2.53. The average molecular weight is 514 g/mol. The first-order valence-electron chi connectivity index (χ1n) is 13.4. The Morgan fingerprint density at radius 3 is 2.11 bits per heavy atom. The summed E-state index contributed by atoms with van der Waals surface area (Å²) < 4.78 is 0. The lowest BCUT2D eigenvalue weighted by Gasteiger charge is -2.29. The van der Waals surface area contributed by atoms with E-state index in [1.807, 2.05) is 39.8 Å². The molecule has 2 heterocycles. The summed E-state index contributed by atoms with van der Waals surface area (Å²) in [5.74, 6) is -1.00. The highest BCUT2D eigenvalue weighted by Gasteiger charge is 2.52. The van der Waals surface area contributed by atoms with Crippen molar-refractivity contribution in [3.63, 3.8) is 0 Å². The van der Waals surface area contributed by atoms with E-state index < -0.39 is 30.1 Å². The molecule has 0 aromatic heterocycles. The fourth-order valence-corrected chi connectivity index (χ4v) is 5.35. The Kier molecular flexibility index (Phi) is 8.83. The molecule has 0 radical (unpaired) electrons. The van der Waals surface area contributed by atoms with Crippen LogP contribution in [0.5, 0.6) is 0 Å². The van der Waals surface area contributed by atoms with E-state index in [4.69, 9.17) is 0 Å². The van der Waals surface area contributed by atoms with Crippen LogP contribution in [-0.4, -0.2) is 75.7 Å². The highest BCUT2D eigenvalue weighted by Crippen LogP contribution is 2.32. The average Bonchev–Trinajstić information content (AvgIpc) is 3.37. The number of Topliss-reactive ketones (excluding diaryl/α,β-unsaturated/α-hetero) is 1. The molecule has 0 aliphatic carbocycles. The molecular weight excluding hydrogens is 470 g/mol. The monoisotopic (exact) mass is 513 g/mol. The fourth-order valence-electron chi connectivity index (χ4n) is 5.35. The van der Waals surface area contributed by atoms with E-state index in [2.05, 4.69) is 26.1 Å². The molecule has 2 saturated heterocycles. The number of amides is 3. The van der Waals surface area contributed by atoms with Gasteiger partial charge in [-0.3, -0.25) is 19.2 Å². The number of hydrogen-bond acceptors (Lipinski definition) is 5. The molecule has 0 spiro atoms. The van der Waals surface area contributed by atoms with Crippen LogP contribution < -0.4 is 5.32 Å². The lowest BCUT2D eigenvalue weighted by molar-refractivity contribution is -0.142. The van der Waals surface area contributed by atoms with Crippen molar-refractivity contribution < 1.29 is 24.3 Å². The Labute approximate surface area is 220 Å². The second-order valence-electron chi connectivity index (χ2n) is 12.4. The van der Waals surface area contributed by atoms with Crippen LogP contribution in [0.2, 0.25) is 0 Å². The Morgan fingerprint density at radius 2 is 1.57 bits per heavy atom. The number of ketones is 1. The Hall–Kier alpha value is -2.74. The molecule has 0 bridgehead atoms. The van der Waals surface area contributed by atoms with Gasteiger partial charge in [0.05, 0.1) is 12.6 Å². The van der Waals surface area contributed by atoms with Gasteiger partial charge in [0.15, 0.2) is 5.78 Å². The van der Waals surface area contributed by atoms with E-state index in [1.165, 1.54) is 9.80 Å². The molecule has 4 unspecified atom stereocenters. The third kappa shape index (κ3) is 6.58. The predicted octanol–water partition coefficient (Wildman–Crippen LogP) is 2.92. The van der Waals surface area contributed by atoms with E-state index in [0.29, 0.717) is 31.4 Å². The van der Waals surface area contributed by atoms with Gasteiger partial charge in [0.25, 0.3) is 11.8 Å². The first kappa shape index (κ1) is 28.8.